The van der Waals surface area contributed by atoms with Crippen LogP contribution in [0.4, 0.5) is 0 Å². The van der Waals surface area contributed by atoms with Crippen molar-refractivity contribution in [2.24, 2.45) is 0 Å². The molecule has 0 saturated carbocycles. The zero-order valence-electron chi connectivity index (χ0n) is 9.61. The summed E-state index contributed by atoms with van der Waals surface area (Å²) in [5.41, 5.74) is 0.998. The number of hydrogen-bond acceptors (Lipinski definition) is 3. The fraction of sp³-hybridized carbons (Fsp3) is 0.636. The highest BCUT2D eigenvalue weighted by Gasteiger charge is 2.28. The Morgan fingerprint density at radius 1 is 1.56 bits per heavy atom. The Hall–Kier alpha value is -0.610. The van der Waals surface area contributed by atoms with E-state index in [1.165, 1.54) is 0 Å². The minimum atomic E-state index is 0.0266. The molecule has 1 aliphatic rings. The van der Waals surface area contributed by atoms with Crippen LogP contribution < -0.4 is 0 Å². The van der Waals surface area contributed by atoms with Crippen LogP contribution in [-0.4, -0.2) is 39.6 Å². The Morgan fingerprint density at radius 3 is 2.81 bits per heavy atom. The number of halogens is 1. The molecular formula is C11H16IN3O. The zero-order valence-corrected chi connectivity index (χ0v) is 11.8. The van der Waals surface area contributed by atoms with Crippen molar-refractivity contribution < 1.29 is 4.79 Å². The van der Waals surface area contributed by atoms with E-state index in [1.807, 2.05) is 18.7 Å². The standard InChI is InChI=1S/C11H16IN3O/c1-9(2)7-11(16)15-6-5-14(12)8-10(15)3-4-13/h7,10H,3,5-6,8H2,1-2H3. The number of allylic oxidation sites excluding steroid dienone is 1. The third-order valence-electron chi connectivity index (χ3n) is 2.46. The number of carbonyl (C=O) groups is 1. The number of hydrogen-bond donors (Lipinski definition) is 0. The minimum Gasteiger partial charge on any atom is -0.333 e. The number of nitriles is 1. The van der Waals surface area contributed by atoms with Gasteiger partial charge in [-0.1, -0.05) is 5.57 Å². The van der Waals surface area contributed by atoms with Crippen LogP contribution >= 0.6 is 22.9 Å². The van der Waals surface area contributed by atoms with E-state index >= 15 is 0 Å². The van der Waals surface area contributed by atoms with E-state index in [2.05, 4.69) is 32.0 Å². The molecule has 0 aromatic carbocycles. The molecule has 0 N–H and O–H groups in total. The van der Waals surface area contributed by atoms with Gasteiger partial charge < -0.3 is 4.90 Å². The summed E-state index contributed by atoms with van der Waals surface area (Å²) in [5, 5.41) is 8.76. The first kappa shape index (κ1) is 13.5. The lowest BCUT2D eigenvalue weighted by Gasteiger charge is -2.37. The zero-order chi connectivity index (χ0) is 12.1. The smallest absolute Gasteiger partial charge is 0.246 e. The molecule has 1 aliphatic heterocycles. The third-order valence-corrected chi connectivity index (χ3v) is 3.33. The van der Waals surface area contributed by atoms with Gasteiger partial charge in [0.1, 0.15) is 0 Å². The summed E-state index contributed by atoms with van der Waals surface area (Å²) in [5.74, 6) is 0.0322. The Kier molecular flexibility index (Phi) is 5.22. The highest BCUT2D eigenvalue weighted by molar-refractivity contribution is 14.1. The van der Waals surface area contributed by atoms with Crippen LogP contribution in [0.3, 0.4) is 0 Å². The molecule has 4 nitrogen and oxygen atoms in total. The van der Waals surface area contributed by atoms with Gasteiger partial charge in [-0.25, -0.2) is 3.11 Å². The van der Waals surface area contributed by atoms with Crippen molar-refractivity contribution in [2.45, 2.75) is 26.3 Å². The number of amides is 1. The maximum Gasteiger partial charge on any atom is 0.246 e. The number of piperazine rings is 1. The Bertz CT molecular complexity index is 331. The van der Waals surface area contributed by atoms with Gasteiger partial charge in [-0.2, -0.15) is 5.26 Å². The fourth-order valence-corrected chi connectivity index (χ4v) is 2.39. The van der Waals surface area contributed by atoms with E-state index in [9.17, 15) is 4.79 Å². The van der Waals surface area contributed by atoms with Crippen molar-refractivity contribution >= 4 is 28.8 Å². The molecule has 1 heterocycles. The molecule has 1 amide bonds. The maximum absolute atomic E-state index is 11.9. The van der Waals surface area contributed by atoms with Crippen LogP contribution in [0.5, 0.6) is 0 Å². The highest BCUT2D eigenvalue weighted by Crippen LogP contribution is 2.16. The van der Waals surface area contributed by atoms with E-state index in [-0.39, 0.29) is 11.9 Å². The van der Waals surface area contributed by atoms with Crippen molar-refractivity contribution in [1.82, 2.24) is 8.01 Å². The predicted molar refractivity (Wildman–Crippen MR) is 70.8 cm³/mol. The highest BCUT2D eigenvalue weighted by atomic mass is 127. The van der Waals surface area contributed by atoms with E-state index in [4.69, 9.17) is 5.26 Å². The molecule has 1 fully saturated rings. The molecule has 16 heavy (non-hydrogen) atoms. The molecule has 1 unspecified atom stereocenters. The Labute approximate surface area is 110 Å². The molecule has 1 saturated heterocycles. The van der Waals surface area contributed by atoms with Gasteiger partial charge in [0.25, 0.3) is 0 Å². The van der Waals surface area contributed by atoms with Gasteiger partial charge in [-0.15, -0.1) is 0 Å². The summed E-state index contributed by atoms with van der Waals surface area (Å²) in [7, 11) is 0. The summed E-state index contributed by atoms with van der Waals surface area (Å²) >= 11 is 2.24. The van der Waals surface area contributed by atoms with Crippen molar-refractivity contribution in [3.63, 3.8) is 0 Å². The lowest BCUT2D eigenvalue weighted by Crippen LogP contribution is -2.52. The van der Waals surface area contributed by atoms with Gasteiger partial charge in [0.05, 0.1) is 18.5 Å². The number of carbonyl (C=O) groups excluding carboxylic acids is 1. The first-order chi connectivity index (χ1) is 7.54. The van der Waals surface area contributed by atoms with E-state index < -0.39 is 0 Å². The van der Waals surface area contributed by atoms with E-state index in [0.29, 0.717) is 13.0 Å². The maximum atomic E-state index is 11.9. The number of rotatable bonds is 2. The first-order valence-electron chi connectivity index (χ1n) is 5.27. The van der Waals surface area contributed by atoms with E-state index in [0.717, 1.165) is 18.7 Å². The molecule has 1 rings (SSSR count). The molecule has 5 heteroatoms. The molecule has 0 aromatic rings. The van der Waals surface area contributed by atoms with Crippen molar-refractivity contribution in [3.05, 3.63) is 11.6 Å². The van der Waals surface area contributed by atoms with E-state index in [1.54, 1.807) is 6.08 Å². The van der Waals surface area contributed by atoms with Crippen LogP contribution in [0.1, 0.15) is 20.3 Å². The molecule has 1 atom stereocenters. The van der Waals surface area contributed by atoms with Crippen molar-refractivity contribution in [3.8, 4) is 6.07 Å². The Balaban J connectivity index is 2.73. The fourth-order valence-electron chi connectivity index (χ4n) is 1.72. The molecule has 0 bridgehead atoms. The average Bonchev–Trinajstić information content (AvgIpc) is 2.17. The predicted octanol–water partition coefficient (Wildman–Crippen LogP) is 1.73. The second kappa shape index (κ2) is 6.21. The van der Waals surface area contributed by atoms with Gasteiger partial charge >= 0.3 is 0 Å². The second-order valence-electron chi connectivity index (χ2n) is 4.14. The second-order valence-corrected chi connectivity index (χ2v) is 5.50. The Morgan fingerprint density at radius 2 is 2.25 bits per heavy atom. The molecule has 0 aromatic heterocycles. The summed E-state index contributed by atoms with van der Waals surface area (Å²) < 4.78 is 2.13. The van der Waals surface area contributed by atoms with Crippen LogP contribution in [0.25, 0.3) is 0 Å². The first-order valence-corrected chi connectivity index (χ1v) is 6.24. The molecule has 0 aliphatic carbocycles. The van der Waals surface area contributed by atoms with Gasteiger partial charge in [-0.05, 0) is 13.8 Å². The molecule has 0 radical (unpaired) electrons. The monoisotopic (exact) mass is 333 g/mol. The van der Waals surface area contributed by atoms with Crippen LogP contribution in [-0.2, 0) is 4.79 Å². The van der Waals surface area contributed by atoms with Gasteiger partial charge in [-0.3, -0.25) is 4.79 Å². The lowest BCUT2D eigenvalue weighted by molar-refractivity contribution is -0.129. The normalized spacial score (nSPS) is 21.4. The average molecular weight is 333 g/mol. The lowest BCUT2D eigenvalue weighted by atomic mass is 10.1. The summed E-state index contributed by atoms with van der Waals surface area (Å²) in [4.78, 5) is 13.7. The van der Waals surface area contributed by atoms with Gasteiger partial charge in [0, 0.05) is 48.6 Å². The topological polar surface area (TPSA) is 47.3 Å². The largest absolute Gasteiger partial charge is 0.333 e. The third kappa shape index (κ3) is 3.76. The summed E-state index contributed by atoms with van der Waals surface area (Å²) in [6, 6.07) is 2.18. The van der Waals surface area contributed by atoms with Crippen molar-refractivity contribution in [2.75, 3.05) is 19.6 Å². The van der Waals surface area contributed by atoms with Crippen LogP contribution in [0.15, 0.2) is 11.6 Å². The van der Waals surface area contributed by atoms with Crippen LogP contribution in [0, 0.1) is 11.3 Å². The van der Waals surface area contributed by atoms with Gasteiger partial charge in [0.2, 0.25) is 5.91 Å². The summed E-state index contributed by atoms with van der Waals surface area (Å²) in [6.45, 7) is 6.16. The van der Waals surface area contributed by atoms with Gasteiger partial charge in [0.15, 0.2) is 0 Å². The van der Waals surface area contributed by atoms with Crippen molar-refractivity contribution in [1.29, 1.82) is 5.26 Å². The summed E-state index contributed by atoms with van der Waals surface area (Å²) in [6.07, 6.45) is 2.05. The minimum absolute atomic E-state index is 0.0266. The van der Waals surface area contributed by atoms with Crippen LogP contribution in [0.2, 0.25) is 0 Å². The quantitative estimate of drug-likeness (QED) is 0.439. The molecular weight excluding hydrogens is 317 g/mol. The molecule has 0 spiro atoms. The number of nitrogens with zero attached hydrogens (tertiary/aromatic N) is 3. The SMILES string of the molecule is CC(C)=CC(=O)N1CCN(I)CC1CC#N. The molecule has 88 valence electrons.